The van der Waals surface area contributed by atoms with Crippen LogP contribution in [-0.4, -0.2) is 25.2 Å². The van der Waals surface area contributed by atoms with Crippen molar-refractivity contribution >= 4 is 21.4 Å². The largest absolute Gasteiger partial charge is 0.313 e. The Morgan fingerprint density at radius 1 is 1.50 bits per heavy atom. The molecule has 20 heavy (non-hydrogen) atoms. The molecule has 2 rings (SSSR count). The van der Waals surface area contributed by atoms with Crippen LogP contribution in [0.25, 0.3) is 0 Å². The van der Waals surface area contributed by atoms with Crippen LogP contribution in [0.15, 0.2) is 28.7 Å². The van der Waals surface area contributed by atoms with Gasteiger partial charge in [-0.15, -0.1) is 11.3 Å². The molecule has 0 spiro atoms. The molecule has 0 amide bonds. The minimum atomic E-state index is -3.60. The molecule has 8 heteroatoms. The van der Waals surface area contributed by atoms with E-state index < -0.39 is 10.0 Å². The topological polar surface area (TPSA) is 86.9 Å². The van der Waals surface area contributed by atoms with Crippen LogP contribution in [0.1, 0.15) is 30.3 Å². The Kier molecular flexibility index (Phi) is 4.92. The van der Waals surface area contributed by atoms with Gasteiger partial charge in [-0.1, -0.05) is 13.0 Å². The van der Waals surface area contributed by atoms with E-state index in [0.29, 0.717) is 12.1 Å². The first-order valence-corrected chi connectivity index (χ1v) is 8.69. The van der Waals surface area contributed by atoms with Gasteiger partial charge in [-0.3, -0.25) is 5.10 Å². The molecule has 0 radical (unpaired) electrons. The predicted molar refractivity (Wildman–Crippen MR) is 79.0 cm³/mol. The number of H-pyrrole nitrogens is 1. The number of aromatic nitrogens is 2. The summed E-state index contributed by atoms with van der Waals surface area (Å²) < 4.78 is 27.4. The first kappa shape index (κ1) is 15.2. The van der Waals surface area contributed by atoms with Crippen molar-refractivity contribution < 1.29 is 8.42 Å². The number of nitrogens with zero attached hydrogens (tertiary/aromatic N) is 1. The highest BCUT2D eigenvalue weighted by molar-refractivity contribution is 7.89. The first-order chi connectivity index (χ1) is 9.54. The van der Waals surface area contributed by atoms with Crippen molar-refractivity contribution in [1.82, 2.24) is 20.2 Å². The lowest BCUT2D eigenvalue weighted by molar-refractivity contribution is 0.561. The van der Waals surface area contributed by atoms with E-state index >= 15 is 0 Å². The van der Waals surface area contributed by atoms with Crippen LogP contribution in [0.5, 0.6) is 0 Å². The Morgan fingerprint density at radius 2 is 2.30 bits per heavy atom. The monoisotopic (exact) mass is 314 g/mol. The lowest BCUT2D eigenvalue weighted by atomic mass is 10.3. The fourth-order valence-corrected chi connectivity index (χ4v) is 3.97. The number of hydrogen-bond donors (Lipinski definition) is 3. The number of thiophene rings is 1. The van der Waals surface area contributed by atoms with E-state index in [9.17, 15) is 8.42 Å². The summed E-state index contributed by atoms with van der Waals surface area (Å²) >= 11 is 1.52. The number of hydrogen-bond acceptors (Lipinski definition) is 5. The molecule has 0 aliphatic carbocycles. The highest BCUT2D eigenvalue weighted by Gasteiger charge is 2.23. The summed E-state index contributed by atoms with van der Waals surface area (Å²) in [5.74, 6) is 0. The molecular formula is C12H18N4O2S2. The summed E-state index contributed by atoms with van der Waals surface area (Å²) in [7, 11) is -3.60. The van der Waals surface area contributed by atoms with Crippen LogP contribution < -0.4 is 10.0 Å². The quantitative estimate of drug-likeness (QED) is 0.725. The minimum Gasteiger partial charge on any atom is -0.313 e. The summed E-state index contributed by atoms with van der Waals surface area (Å²) in [5.41, 5.74) is 0.637. The fourth-order valence-electron chi connectivity index (χ4n) is 1.80. The Labute approximate surface area is 122 Å². The Bertz CT molecular complexity index is 634. The van der Waals surface area contributed by atoms with Gasteiger partial charge in [-0.25, -0.2) is 13.1 Å². The van der Waals surface area contributed by atoms with Crippen LogP contribution in [0.2, 0.25) is 0 Å². The molecule has 1 atom stereocenters. The molecule has 2 aromatic heterocycles. The smallest absolute Gasteiger partial charge is 0.258 e. The third-order valence-electron chi connectivity index (χ3n) is 2.81. The van der Waals surface area contributed by atoms with Crippen molar-refractivity contribution in [2.24, 2.45) is 0 Å². The van der Waals surface area contributed by atoms with Crippen molar-refractivity contribution in [2.45, 2.75) is 31.5 Å². The van der Waals surface area contributed by atoms with E-state index in [1.165, 1.54) is 17.5 Å². The molecule has 0 fully saturated rings. The predicted octanol–water partition coefficient (Wildman–Crippen LogP) is 1.62. The zero-order chi connectivity index (χ0) is 14.6. The molecule has 0 bridgehead atoms. The Morgan fingerprint density at radius 3 is 2.95 bits per heavy atom. The van der Waals surface area contributed by atoms with Gasteiger partial charge in [0.2, 0.25) is 0 Å². The second-order valence-electron chi connectivity index (χ2n) is 4.36. The van der Waals surface area contributed by atoms with Crippen molar-refractivity contribution in [1.29, 1.82) is 0 Å². The average molecular weight is 314 g/mol. The molecule has 0 saturated heterocycles. The second kappa shape index (κ2) is 6.49. The molecule has 0 aromatic carbocycles. The number of aromatic amines is 1. The van der Waals surface area contributed by atoms with Crippen LogP contribution in [0.4, 0.5) is 0 Å². The molecule has 6 nitrogen and oxygen atoms in total. The average Bonchev–Trinajstić information content (AvgIpc) is 3.07. The van der Waals surface area contributed by atoms with Gasteiger partial charge in [0.05, 0.1) is 12.2 Å². The van der Waals surface area contributed by atoms with E-state index in [1.54, 1.807) is 0 Å². The standard InChI is InChI=1S/C12H18N4O2S2/c1-3-13-7-10-8-14-15-12(10)20(17,18)16-9(2)11-5-4-6-19-11/h4-6,8-9,13,16H,3,7H2,1-2H3,(H,14,15). The van der Waals surface area contributed by atoms with Gasteiger partial charge in [-0.05, 0) is 24.9 Å². The van der Waals surface area contributed by atoms with Gasteiger partial charge >= 0.3 is 0 Å². The van der Waals surface area contributed by atoms with Gasteiger partial charge in [0.15, 0.2) is 5.03 Å². The summed E-state index contributed by atoms with van der Waals surface area (Å²) in [5, 5.41) is 11.5. The lowest BCUT2D eigenvalue weighted by Gasteiger charge is -2.12. The van der Waals surface area contributed by atoms with Crippen molar-refractivity contribution in [3.05, 3.63) is 34.2 Å². The van der Waals surface area contributed by atoms with Crippen molar-refractivity contribution in [3.63, 3.8) is 0 Å². The van der Waals surface area contributed by atoms with Crippen LogP contribution >= 0.6 is 11.3 Å². The Balaban J connectivity index is 2.16. The van der Waals surface area contributed by atoms with Gasteiger partial charge in [0, 0.05) is 17.0 Å². The number of nitrogens with one attached hydrogen (secondary N) is 3. The molecule has 0 aliphatic heterocycles. The first-order valence-electron chi connectivity index (χ1n) is 6.33. The van der Waals surface area contributed by atoms with E-state index in [-0.39, 0.29) is 11.1 Å². The molecule has 0 saturated carbocycles. The zero-order valence-electron chi connectivity index (χ0n) is 11.4. The van der Waals surface area contributed by atoms with Crippen molar-refractivity contribution in [2.75, 3.05) is 6.54 Å². The SMILES string of the molecule is CCNCc1cn[nH]c1S(=O)(=O)NC(C)c1cccs1. The molecule has 2 heterocycles. The third kappa shape index (κ3) is 3.45. The summed E-state index contributed by atoms with van der Waals surface area (Å²) in [6.07, 6.45) is 1.53. The van der Waals surface area contributed by atoms with Crippen LogP contribution in [-0.2, 0) is 16.6 Å². The minimum absolute atomic E-state index is 0.127. The lowest BCUT2D eigenvalue weighted by Crippen LogP contribution is -2.28. The second-order valence-corrected chi connectivity index (χ2v) is 6.99. The van der Waals surface area contributed by atoms with E-state index in [2.05, 4.69) is 20.2 Å². The van der Waals surface area contributed by atoms with E-state index in [4.69, 9.17) is 0 Å². The molecule has 110 valence electrons. The van der Waals surface area contributed by atoms with Gasteiger partial charge in [0.25, 0.3) is 10.0 Å². The molecule has 0 aliphatic rings. The molecule has 3 N–H and O–H groups in total. The highest BCUT2D eigenvalue weighted by Crippen LogP contribution is 2.21. The zero-order valence-corrected chi connectivity index (χ0v) is 13.0. The molecule has 1 unspecified atom stereocenters. The maximum atomic E-state index is 12.4. The number of rotatable bonds is 7. The maximum absolute atomic E-state index is 12.4. The normalized spacial score (nSPS) is 13.5. The van der Waals surface area contributed by atoms with Crippen LogP contribution in [0, 0.1) is 0 Å². The maximum Gasteiger partial charge on any atom is 0.258 e. The fraction of sp³-hybridized carbons (Fsp3) is 0.417. The van der Waals surface area contributed by atoms with Gasteiger partial charge in [0.1, 0.15) is 0 Å². The molecule has 2 aromatic rings. The van der Waals surface area contributed by atoms with Crippen LogP contribution in [0.3, 0.4) is 0 Å². The number of sulfonamides is 1. The Hall–Kier alpha value is -1.22. The highest BCUT2D eigenvalue weighted by atomic mass is 32.2. The van der Waals surface area contributed by atoms with Gasteiger partial charge < -0.3 is 5.32 Å². The summed E-state index contributed by atoms with van der Waals surface area (Å²) in [6.45, 7) is 5.02. The summed E-state index contributed by atoms with van der Waals surface area (Å²) in [4.78, 5) is 0.973. The van der Waals surface area contributed by atoms with E-state index in [1.807, 2.05) is 31.4 Å². The van der Waals surface area contributed by atoms with Crippen molar-refractivity contribution in [3.8, 4) is 0 Å². The third-order valence-corrected chi connectivity index (χ3v) is 5.42. The van der Waals surface area contributed by atoms with Gasteiger partial charge in [-0.2, -0.15) is 5.10 Å². The summed E-state index contributed by atoms with van der Waals surface area (Å²) in [6, 6.07) is 3.54. The van der Waals surface area contributed by atoms with E-state index in [0.717, 1.165) is 11.4 Å². The molecular weight excluding hydrogens is 296 g/mol.